The number of rotatable bonds is 9. The lowest BCUT2D eigenvalue weighted by Crippen LogP contribution is -2.41. The van der Waals surface area contributed by atoms with Crippen LogP contribution in [-0.2, 0) is 14.4 Å². The molecule has 2 rings (SSSR count). The number of carbonyl (C=O) groups is 3. The summed E-state index contributed by atoms with van der Waals surface area (Å²) in [5, 5.41) is 9.48. The van der Waals surface area contributed by atoms with Gasteiger partial charge in [-0.3, -0.25) is 14.4 Å². The van der Waals surface area contributed by atoms with Crippen molar-refractivity contribution >= 4 is 52.8 Å². The molecule has 0 bridgehead atoms. The summed E-state index contributed by atoms with van der Waals surface area (Å²) in [6.45, 7) is 3.39. The predicted molar refractivity (Wildman–Crippen MR) is 127 cm³/mol. The molecule has 2 aromatic rings. The highest BCUT2D eigenvalue weighted by Gasteiger charge is 2.14. The van der Waals surface area contributed by atoms with Crippen molar-refractivity contribution in [2.24, 2.45) is 5.10 Å². The quantitative estimate of drug-likeness (QED) is 0.280. The number of nitrogens with zero attached hydrogens (tertiary/aromatic N) is 1. The van der Waals surface area contributed by atoms with Crippen molar-refractivity contribution in [3.05, 3.63) is 52.0 Å². The zero-order valence-corrected chi connectivity index (χ0v) is 19.8. The van der Waals surface area contributed by atoms with E-state index < -0.39 is 17.7 Å². The van der Waals surface area contributed by atoms with E-state index in [1.165, 1.54) is 13.3 Å². The van der Waals surface area contributed by atoms with Gasteiger partial charge in [-0.15, -0.1) is 0 Å². The minimum Gasteiger partial charge on any atom is -0.493 e. The first kappa shape index (κ1) is 26.0. The van der Waals surface area contributed by atoms with Crippen LogP contribution in [0, 0.1) is 0 Å². The summed E-state index contributed by atoms with van der Waals surface area (Å²) in [5.74, 6) is -1.41. The van der Waals surface area contributed by atoms with Crippen molar-refractivity contribution in [2.75, 3.05) is 19.0 Å². The second kappa shape index (κ2) is 12.7. The van der Waals surface area contributed by atoms with Gasteiger partial charge in [0.05, 0.1) is 29.1 Å². The van der Waals surface area contributed by atoms with Crippen LogP contribution >= 0.6 is 23.2 Å². The van der Waals surface area contributed by atoms with Gasteiger partial charge < -0.3 is 20.1 Å². The van der Waals surface area contributed by atoms with Crippen LogP contribution in [0.1, 0.15) is 25.8 Å². The van der Waals surface area contributed by atoms with Gasteiger partial charge in [0, 0.05) is 6.04 Å². The highest BCUT2D eigenvalue weighted by Crippen LogP contribution is 2.30. The molecule has 11 heteroatoms. The van der Waals surface area contributed by atoms with E-state index in [0.717, 1.165) is 0 Å². The number of hydrogen-bond acceptors (Lipinski definition) is 6. The number of carbonyl (C=O) groups excluding carboxylic acids is 3. The highest BCUT2D eigenvalue weighted by molar-refractivity contribution is 6.44. The molecule has 0 aliphatic rings. The number of benzene rings is 2. The first-order valence-corrected chi connectivity index (χ1v) is 10.7. The third-order valence-electron chi connectivity index (χ3n) is 4.35. The monoisotopic (exact) mass is 494 g/mol. The molecule has 33 heavy (non-hydrogen) atoms. The number of methoxy groups -OCH3 is 1. The summed E-state index contributed by atoms with van der Waals surface area (Å²) in [4.78, 5) is 35.6. The number of nitrogens with one attached hydrogen (secondary N) is 3. The van der Waals surface area contributed by atoms with Gasteiger partial charge in [0.1, 0.15) is 0 Å². The number of ether oxygens (including phenoxy) is 2. The molecule has 3 amide bonds. The Balaban J connectivity index is 1.94. The number of anilines is 1. The second-order valence-electron chi connectivity index (χ2n) is 6.83. The molecule has 0 unspecified atom stereocenters. The summed E-state index contributed by atoms with van der Waals surface area (Å²) < 4.78 is 10.8. The molecular formula is C22H24Cl2N4O5. The van der Waals surface area contributed by atoms with E-state index in [4.69, 9.17) is 32.7 Å². The van der Waals surface area contributed by atoms with E-state index in [1.54, 1.807) is 43.3 Å². The first-order chi connectivity index (χ1) is 15.7. The normalized spacial score (nSPS) is 11.5. The van der Waals surface area contributed by atoms with Gasteiger partial charge in [0.15, 0.2) is 18.1 Å². The van der Waals surface area contributed by atoms with Crippen LogP contribution in [0.2, 0.25) is 10.0 Å². The van der Waals surface area contributed by atoms with Crippen molar-refractivity contribution in [2.45, 2.75) is 26.3 Å². The van der Waals surface area contributed by atoms with Gasteiger partial charge in [-0.25, -0.2) is 5.43 Å². The minimum atomic E-state index is -0.871. The van der Waals surface area contributed by atoms with Crippen molar-refractivity contribution in [3.63, 3.8) is 0 Å². The van der Waals surface area contributed by atoms with E-state index in [2.05, 4.69) is 21.2 Å². The summed E-state index contributed by atoms with van der Waals surface area (Å²) in [6.07, 6.45) is 2.04. The summed E-state index contributed by atoms with van der Waals surface area (Å²) in [6, 6.07) is 9.58. The predicted octanol–water partition coefficient (Wildman–Crippen LogP) is 3.38. The largest absolute Gasteiger partial charge is 0.493 e. The molecule has 0 saturated heterocycles. The third kappa shape index (κ3) is 7.96. The third-order valence-corrected chi connectivity index (χ3v) is 5.17. The van der Waals surface area contributed by atoms with Gasteiger partial charge in [0.2, 0.25) is 0 Å². The van der Waals surface area contributed by atoms with Gasteiger partial charge in [-0.1, -0.05) is 36.2 Å². The fourth-order valence-electron chi connectivity index (χ4n) is 2.42. The second-order valence-corrected chi connectivity index (χ2v) is 7.62. The van der Waals surface area contributed by atoms with Crippen molar-refractivity contribution in [1.29, 1.82) is 0 Å². The molecule has 0 aliphatic carbocycles. The molecule has 0 aliphatic heterocycles. The van der Waals surface area contributed by atoms with Crippen LogP contribution in [0.5, 0.6) is 11.5 Å². The van der Waals surface area contributed by atoms with Crippen LogP contribution in [-0.4, -0.2) is 43.7 Å². The Morgan fingerprint density at radius 1 is 1.12 bits per heavy atom. The van der Waals surface area contributed by atoms with E-state index >= 15 is 0 Å². The molecule has 0 radical (unpaired) electrons. The molecule has 0 spiro atoms. The van der Waals surface area contributed by atoms with Crippen molar-refractivity contribution < 1.29 is 23.9 Å². The molecule has 9 nitrogen and oxygen atoms in total. The van der Waals surface area contributed by atoms with Crippen LogP contribution in [0.25, 0.3) is 0 Å². The number of halogens is 2. The van der Waals surface area contributed by atoms with Crippen LogP contribution in [0.3, 0.4) is 0 Å². The fraction of sp³-hybridized carbons (Fsp3) is 0.273. The number of hydrogen-bond donors (Lipinski definition) is 3. The molecule has 0 fully saturated rings. The van der Waals surface area contributed by atoms with E-state index in [9.17, 15) is 14.4 Å². The van der Waals surface area contributed by atoms with Crippen molar-refractivity contribution in [3.8, 4) is 11.5 Å². The zero-order valence-electron chi connectivity index (χ0n) is 18.3. The molecular weight excluding hydrogens is 471 g/mol. The lowest BCUT2D eigenvalue weighted by Gasteiger charge is -2.12. The minimum absolute atomic E-state index is 0.117. The summed E-state index contributed by atoms with van der Waals surface area (Å²) in [5.41, 5.74) is 3.10. The van der Waals surface area contributed by atoms with E-state index in [0.29, 0.717) is 34.2 Å². The smallest absolute Gasteiger partial charge is 0.329 e. The van der Waals surface area contributed by atoms with Crippen molar-refractivity contribution in [1.82, 2.24) is 10.7 Å². The average Bonchev–Trinajstić information content (AvgIpc) is 2.80. The SMILES string of the molecule is CC[C@H](C)NC(=O)C(=O)N/N=C\c1ccc(OCC(=O)Nc2cccc(Cl)c2Cl)c(OC)c1. The molecule has 0 aromatic heterocycles. The number of hydrazone groups is 1. The van der Waals surface area contributed by atoms with Gasteiger partial charge in [-0.05, 0) is 49.2 Å². The molecule has 0 heterocycles. The van der Waals surface area contributed by atoms with Crippen LogP contribution in [0.4, 0.5) is 5.69 Å². The van der Waals surface area contributed by atoms with Gasteiger partial charge in [-0.2, -0.15) is 5.10 Å². The maximum Gasteiger partial charge on any atom is 0.329 e. The Morgan fingerprint density at radius 2 is 1.88 bits per heavy atom. The van der Waals surface area contributed by atoms with Crippen LogP contribution < -0.4 is 25.5 Å². The lowest BCUT2D eigenvalue weighted by molar-refractivity contribution is -0.139. The molecule has 2 aromatic carbocycles. The Labute approximate surface area is 201 Å². The standard InChI is InChI=1S/C22H24Cl2N4O5/c1-4-13(2)26-21(30)22(31)28-25-11-14-8-9-17(18(10-14)32-3)33-12-19(29)27-16-7-5-6-15(23)20(16)24/h5-11,13H,4,12H2,1-3H3,(H,26,30)(H,27,29)(H,28,31)/b25-11-/t13-/m0/s1. The molecule has 176 valence electrons. The Bertz CT molecular complexity index is 1050. The zero-order chi connectivity index (χ0) is 24.4. The van der Waals surface area contributed by atoms with Gasteiger partial charge >= 0.3 is 11.8 Å². The van der Waals surface area contributed by atoms with E-state index in [1.807, 2.05) is 6.92 Å². The molecule has 0 saturated carbocycles. The van der Waals surface area contributed by atoms with Crippen LogP contribution in [0.15, 0.2) is 41.5 Å². The highest BCUT2D eigenvalue weighted by atomic mass is 35.5. The fourth-order valence-corrected chi connectivity index (χ4v) is 2.77. The first-order valence-electron chi connectivity index (χ1n) is 9.93. The average molecular weight is 495 g/mol. The number of amides is 3. The summed E-state index contributed by atoms with van der Waals surface area (Å²) in [7, 11) is 1.44. The maximum atomic E-state index is 12.2. The Hall–Kier alpha value is -3.30. The summed E-state index contributed by atoms with van der Waals surface area (Å²) >= 11 is 12.0. The topological polar surface area (TPSA) is 118 Å². The van der Waals surface area contributed by atoms with E-state index in [-0.39, 0.29) is 17.7 Å². The maximum absolute atomic E-state index is 12.2. The molecule has 3 N–H and O–H groups in total. The lowest BCUT2D eigenvalue weighted by atomic mass is 10.2. The van der Waals surface area contributed by atoms with Gasteiger partial charge in [0.25, 0.3) is 5.91 Å². The Kier molecular flexibility index (Phi) is 9.96. The molecule has 1 atom stereocenters. The Morgan fingerprint density at radius 3 is 2.58 bits per heavy atom.